The largest absolute Gasteiger partial charge is 0.377 e. The second-order valence-electron chi connectivity index (χ2n) is 4.11. The molecule has 0 spiro atoms. The molecule has 0 aromatic rings. The highest BCUT2D eigenvalue weighted by Gasteiger charge is 2.38. The zero-order valence-electron chi connectivity index (χ0n) is 8.82. The molecule has 0 bridgehead atoms. The molecule has 80 valence electrons. The molecule has 0 amide bonds. The Bertz CT molecular complexity index is 216. The fourth-order valence-corrected chi connectivity index (χ4v) is 2.01. The summed E-state index contributed by atoms with van der Waals surface area (Å²) in [5.74, 6) is 1.30. The second-order valence-corrected chi connectivity index (χ2v) is 4.11. The molecule has 2 unspecified atom stereocenters. The van der Waals surface area contributed by atoms with Gasteiger partial charge in [0.25, 0.3) is 0 Å². The highest BCUT2D eigenvalue weighted by Crippen LogP contribution is 2.32. The van der Waals surface area contributed by atoms with Crippen LogP contribution in [0, 0.1) is 11.3 Å². The normalized spacial score (nSPS) is 32.3. The van der Waals surface area contributed by atoms with Gasteiger partial charge in [0.2, 0.25) is 0 Å². The van der Waals surface area contributed by atoms with Crippen molar-refractivity contribution in [2.75, 3.05) is 27.3 Å². The van der Waals surface area contributed by atoms with E-state index < -0.39 is 0 Å². The first-order chi connectivity index (χ1) is 6.76. The van der Waals surface area contributed by atoms with E-state index >= 15 is 0 Å². The van der Waals surface area contributed by atoms with E-state index in [0.717, 1.165) is 18.9 Å². The molecule has 2 fully saturated rings. The molecular weight excluding hydrogens is 180 g/mol. The Morgan fingerprint density at radius 3 is 2.00 bits per heavy atom. The lowest BCUT2D eigenvalue weighted by Crippen LogP contribution is -2.30. The molecular formula is C10H18N2O2. The second kappa shape index (κ2) is 3.87. The number of hydrogen-bond acceptors (Lipinski definition) is 3. The Morgan fingerprint density at radius 1 is 1.14 bits per heavy atom. The van der Waals surface area contributed by atoms with Gasteiger partial charge in [0.1, 0.15) is 12.2 Å². The summed E-state index contributed by atoms with van der Waals surface area (Å²) < 4.78 is 10.7. The number of ether oxygens (including phenoxy) is 2. The zero-order valence-corrected chi connectivity index (χ0v) is 8.82. The van der Waals surface area contributed by atoms with Crippen molar-refractivity contribution in [1.29, 1.82) is 5.41 Å². The molecule has 2 atom stereocenters. The monoisotopic (exact) mass is 198 g/mol. The molecule has 14 heavy (non-hydrogen) atoms. The van der Waals surface area contributed by atoms with Gasteiger partial charge in [-0.05, 0) is 12.8 Å². The molecule has 1 saturated heterocycles. The van der Waals surface area contributed by atoms with Gasteiger partial charge >= 0.3 is 0 Å². The quantitative estimate of drug-likeness (QED) is 0.537. The molecule has 1 aliphatic heterocycles. The van der Waals surface area contributed by atoms with Gasteiger partial charge < -0.3 is 14.4 Å². The summed E-state index contributed by atoms with van der Waals surface area (Å²) >= 11 is 0. The van der Waals surface area contributed by atoms with E-state index in [1.807, 2.05) is 0 Å². The first kappa shape index (κ1) is 9.93. The summed E-state index contributed by atoms with van der Waals surface area (Å²) in [4.78, 5) is 2.10. The zero-order chi connectivity index (χ0) is 10.1. The van der Waals surface area contributed by atoms with E-state index in [4.69, 9.17) is 14.9 Å². The molecule has 0 radical (unpaired) electrons. The highest BCUT2D eigenvalue weighted by atomic mass is 16.5. The van der Waals surface area contributed by atoms with Crippen LogP contribution in [0.1, 0.15) is 12.8 Å². The Labute approximate surface area is 84.7 Å². The van der Waals surface area contributed by atoms with E-state index in [0.29, 0.717) is 5.92 Å². The van der Waals surface area contributed by atoms with Crippen LogP contribution in [0.25, 0.3) is 0 Å². The Balaban J connectivity index is 1.93. The van der Waals surface area contributed by atoms with Crippen LogP contribution in [0.4, 0.5) is 0 Å². The lowest BCUT2D eigenvalue weighted by Gasteiger charge is -2.18. The van der Waals surface area contributed by atoms with Crippen molar-refractivity contribution in [3.8, 4) is 0 Å². The summed E-state index contributed by atoms with van der Waals surface area (Å²) in [6.45, 7) is 1.62. The number of nitrogens with zero attached hydrogens (tertiary/aromatic N) is 1. The molecule has 0 aromatic carbocycles. The van der Waals surface area contributed by atoms with Crippen LogP contribution < -0.4 is 0 Å². The fourth-order valence-electron chi connectivity index (χ4n) is 2.01. The highest BCUT2D eigenvalue weighted by molar-refractivity contribution is 5.84. The third kappa shape index (κ3) is 1.77. The number of nitrogens with one attached hydrogen (secondary N) is 1. The average molecular weight is 198 g/mol. The predicted octanol–water partition coefficient (Wildman–Crippen LogP) is 0.719. The molecule has 4 heteroatoms. The van der Waals surface area contributed by atoms with Gasteiger partial charge in [-0.2, -0.15) is 0 Å². The van der Waals surface area contributed by atoms with E-state index in [1.54, 1.807) is 14.2 Å². The van der Waals surface area contributed by atoms with Crippen LogP contribution in [0.5, 0.6) is 0 Å². The first-order valence-electron chi connectivity index (χ1n) is 5.15. The van der Waals surface area contributed by atoms with E-state index in [1.165, 1.54) is 12.8 Å². The first-order valence-corrected chi connectivity index (χ1v) is 5.15. The van der Waals surface area contributed by atoms with Crippen LogP contribution in [0.2, 0.25) is 0 Å². The molecule has 1 aliphatic carbocycles. The maximum Gasteiger partial charge on any atom is 0.102 e. The van der Waals surface area contributed by atoms with Gasteiger partial charge in [-0.3, -0.25) is 5.41 Å². The molecule has 0 aromatic heterocycles. The van der Waals surface area contributed by atoms with Crippen molar-refractivity contribution >= 4 is 5.84 Å². The molecule has 1 N–H and O–H groups in total. The van der Waals surface area contributed by atoms with Crippen LogP contribution in [0.3, 0.4) is 0 Å². The van der Waals surface area contributed by atoms with Gasteiger partial charge in [-0.1, -0.05) is 0 Å². The maximum absolute atomic E-state index is 7.95. The summed E-state index contributed by atoms with van der Waals surface area (Å²) in [6, 6.07) is 0. The van der Waals surface area contributed by atoms with Crippen LogP contribution >= 0.6 is 0 Å². The summed E-state index contributed by atoms with van der Waals surface area (Å²) in [5, 5.41) is 7.95. The van der Waals surface area contributed by atoms with E-state index in [2.05, 4.69) is 4.90 Å². The van der Waals surface area contributed by atoms with Gasteiger partial charge in [-0.15, -0.1) is 0 Å². The van der Waals surface area contributed by atoms with Gasteiger partial charge in [0, 0.05) is 33.2 Å². The van der Waals surface area contributed by atoms with Crippen LogP contribution in [0.15, 0.2) is 0 Å². The van der Waals surface area contributed by atoms with Crippen molar-refractivity contribution in [1.82, 2.24) is 4.90 Å². The molecule has 2 aliphatic rings. The number of methoxy groups -OCH3 is 2. The van der Waals surface area contributed by atoms with Gasteiger partial charge in [-0.25, -0.2) is 0 Å². The number of amidine groups is 1. The molecule has 4 nitrogen and oxygen atoms in total. The van der Waals surface area contributed by atoms with Gasteiger partial charge in [0.05, 0.1) is 5.84 Å². The van der Waals surface area contributed by atoms with Crippen molar-refractivity contribution in [2.45, 2.75) is 25.0 Å². The van der Waals surface area contributed by atoms with Crippen LogP contribution in [-0.4, -0.2) is 50.3 Å². The Morgan fingerprint density at radius 2 is 1.64 bits per heavy atom. The number of rotatable bonds is 3. The minimum absolute atomic E-state index is 0.124. The van der Waals surface area contributed by atoms with Gasteiger partial charge in [0.15, 0.2) is 0 Å². The topological polar surface area (TPSA) is 45.5 Å². The summed E-state index contributed by atoms with van der Waals surface area (Å²) in [6.07, 6.45) is 2.62. The minimum atomic E-state index is 0.124. The van der Waals surface area contributed by atoms with Crippen molar-refractivity contribution < 1.29 is 9.47 Å². The summed E-state index contributed by atoms with van der Waals surface area (Å²) in [5.41, 5.74) is 0. The minimum Gasteiger partial charge on any atom is -0.377 e. The standard InChI is InChI=1S/C10H18N2O2/c1-13-8-5-12(6-9(8)14-2)10(11)7-3-4-7/h7-9,11H,3-6H2,1-2H3. The molecule has 1 heterocycles. The Hall–Kier alpha value is -0.610. The molecule has 1 saturated carbocycles. The number of likely N-dealkylation sites (tertiary alicyclic amines) is 1. The average Bonchev–Trinajstić information content (AvgIpc) is 2.96. The maximum atomic E-state index is 7.95. The van der Waals surface area contributed by atoms with Crippen molar-refractivity contribution in [3.05, 3.63) is 0 Å². The van der Waals surface area contributed by atoms with E-state index in [9.17, 15) is 0 Å². The predicted molar refractivity (Wildman–Crippen MR) is 53.6 cm³/mol. The van der Waals surface area contributed by atoms with Crippen LogP contribution in [-0.2, 0) is 9.47 Å². The lowest BCUT2D eigenvalue weighted by atomic mass is 10.3. The Kier molecular flexibility index (Phi) is 2.74. The lowest BCUT2D eigenvalue weighted by molar-refractivity contribution is -0.00461. The van der Waals surface area contributed by atoms with Crippen molar-refractivity contribution in [2.24, 2.45) is 5.92 Å². The summed E-state index contributed by atoms with van der Waals surface area (Å²) in [7, 11) is 3.42. The third-order valence-electron chi connectivity index (χ3n) is 3.13. The van der Waals surface area contributed by atoms with Crippen molar-refractivity contribution in [3.63, 3.8) is 0 Å². The third-order valence-corrected chi connectivity index (χ3v) is 3.13. The SMILES string of the molecule is COC1CN(C(=N)C2CC2)CC1OC. The fraction of sp³-hybridized carbons (Fsp3) is 0.900. The smallest absolute Gasteiger partial charge is 0.102 e. The number of hydrogen-bond donors (Lipinski definition) is 1. The van der Waals surface area contributed by atoms with E-state index in [-0.39, 0.29) is 12.2 Å². The molecule has 2 rings (SSSR count).